The number of aromatic nitrogens is 2. The molecule has 15 heavy (non-hydrogen) atoms. The molecule has 1 aliphatic heterocycles. The van der Waals surface area contributed by atoms with E-state index in [4.69, 9.17) is 11.6 Å². The number of piperidine rings is 1. The average molecular weight is 228 g/mol. The molecule has 0 atom stereocenters. The second-order valence-electron chi connectivity index (χ2n) is 4.29. The topological polar surface area (TPSA) is 21.1 Å². The molecule has 2 heterocycles. The smallest absolute Gasteiger partial charge is 0.0522 e. The van der Waals surface area contributed by atoms with Gasteiger partial charge in [-0.05, 0) is 37.9 Å². The first-order valence-electron chi connectivity index (χ1n) is 5.58. The number of alkyl halides is 1. The lowest BCUT2D eigenvalue weighted by Gasteiger charge is -2.28. The predicted molar refractivity (Wildman–Crippen MR) is 62.2 cm³/mol. The Morgan fingerprint density at radius 3 is 2.80 bits per heavy atom. The fraction of sp³-hybridized carbons (Fsp3) is 0.727. The summed E-state index contributed by atoms with van der Waals surface area (Å²) < 4.78 is 1.86. The summed E-state index contributed by atoms with van der Waals surface area (Å²) in [7, 11) is 1.96. The Bertz CT molecular complexity index is 303. The van der Waals surface area contributed by atoms with Crippen molar-refractivity contribution in [1.29, 1.82) is 0 Å². The number of hydrogen-bond donors (Lipinski definition) is 0. The Hall–Kier alpha value is -0.540. The van der Waals surface area contributed by atoms with Crippen LogP contribution in [0.2, 0.25) is 0 Å². The zero-order chi connectivity index (χ0) is 10.7. The highest BCUT2D eigenvalue weighted by molar-refractivity contribution is 6.20. The highest BCUT2D eigenvalue weighted by Crippen LogP contribution is 2.15. The molecule has 1 aromatic heterocycles. The fourth-order valence-corrected chi connectivity index (χ4v) is 2.21. The van der Waals surface area contributed by atoms with Crippen molar-refractivity contribution in [3.63, 3.8) is 0 Å². The molecule has 0 radical (unpaired) electrons. The fourth-order valence-electron chi connectivity index (χ4n) is 2.01. The maximum absolute atomic E-state index is 6.06. The Balaban J connectivity index is 1.74. The average Bonchev–Trinajstić information content (AvgIpc) is 2.64. The summed E-state index contributed by atoms with van der Waals surface area (Å²) in [6, 6.07) is 0. The van der Waals surface area contributed by atoms with Crippen LogP contribution < -0.4 is 0 Å². The molecule has 1 aliphatic rings. The Morgan fingerprint density at radius 1 is 1.47 bits per heavy atom. The molecular formula is C11H18ClN3. The molecule has 1 saturated heterocycles. The molecular weight excluding hydrogens is 210 g/mol. The standard InChI is InChI=1S/C11H18ClN3/c1-14-9-10(8-13-14)2-5-15-6-3-11(12)4-7-15/h8-9,11H,2-7H2,1H3. The summed E-state index contributed by atoms with van der Waals surface area (Å²) in [5.41, 5.74) is 1.32. The lowest BCUT2D eigenvalue weighted by atomic mass is 10.1. The molecule has 1 fully saturated rings. The zero-order valence-corrected chi connectivity index (χ0v) is 9.95. The van der Waals surface area contributed by atoms with Crippen LogP contribution in [0.5, 0.6) is 0 Å². The van der Waals surface area contributed by atoms with E-state index in [1.54, 1.807) is 0 Å². The normalized spacial score (nSPS) is 19.6. The zero-order valence-electron chi connectivity index (χ0n) is 9.19. The van der Waals surface area contributed by atoms with Crippen molar-refractivity contribution in [2.75, 3.05) is 19.6 Å². The van der Waals surface area contributed by atoms with E-state index in [1.807, 2.05) is 17.9 Å². The first-order valence-corrected chi connectivity index (χ1v) is 6.01. The SMILES string of the molecule is Cn1cc(CCN2CCC(Cl)CC2)cn1. The summed E-state index contributed by atoms with van der Waals surface area (Å²) in [5, 5.41) is 4.57. The minimum atomic E-state index is 0.402. The van der Waals surface area contributed by atoms with Gasteiger partial charge in [0.2, 0.25) is 0 Å². The van der Waals surface area contributed by atoms with E-state index in [1.165, 1.54) is 5.56 Å². The van der Waals surface area contributed by atoms with Gasteiger partial charge in [0.05, 0.1) is 6.20 Å². The first-order chi connectivity index (χ1) is 7.24. The molecule has 0 amide bonds. The summed E-state index contributed by atoms with van der Waals surface area (Å²) in [6.45, 7) is 3.43. The van der Waals surface area contributed by atoms with E-state index < -0.39 is 0 Å². The number of hydrogen-bond acceptors (Lipinski definition) is 2. The van der Waals surface area contributed by atoms with Gasteiger partial charge in [-0.3, -0.25) is 4.68 Å². The monoisotopic (exact) mass is 227 g/mol. The third-order valence-corrected chi connectivity index (χ3v) is 3.43. The first kappa shape index (κ1) is 11.0. The summed E-state index contributed by atoms with van der Waals surface area (Å²) >= 11 is 6.06. The van der Waals surface area contributed by atoms with Gasteiger partial charge >= 0.3 is 0 Å². The predicted octanol–water partition coefficient (Wildman–Crippen LogP) is 1.67. The number of halogens is 1. The van der Waals surface area contributed by atoms with Gasteiger partial charge in [-0.15, -0.1) is 11.6 Å². The third-order valence-electron chi connectivity index (χ3n) is 2.99. The van der Waals surface area contributed by atoms with Crippen LogP contribution in [0.1, 0.15) is 18.4 Å². The van der Waals surface area contributed by atoms with Gasteiger partial charge in [0.25, 0.3) is 0 Å². The molecule has 0 N–H and O–H groups in total. The quantitative estimate of drug-likeness (QED) is 0.733. The molecule has 4 heteroatoms. The maximum atomic E-state index is 6.06. The highest BCUT2D eigenvalue weighted by atomic mass is 35.5. The number of likely N-dealkylation sites (tertiary alicyclic amines) is 1. The molecule has 84 valence electrons. The molecule has 3 nitrogen and oxygen atoms in total. The van der Waals surface area contributed by atoms with Crippen LogP contribution in [0, 0.1) is 0 Å². The van der Waals surface area contributed by atoms with E-state index >= 15 is 0 Å². The van der Waals surface area contributed by atoms with Gasteiger partial charge in [-0.1, -0.05) is 0 Å². The van der Waals surface area contributed by atoms with Gasteiger partial charge in [-0.25, -0.2) is 0 Å². The van der Waals surface area contributed by atoms with E-state index in [0.29, 0.717) is 5.38 Å². The lowest BCUT2D eigenvalue weighted by molar-refractivity contribution is 0.234. The van der Waals surface area contributed by atoms with Crippen LogP contribution in [-0.2, 0) is 13.5 Å². The van der Waals surface area contributed by atoms with Gasteiger partial charge in [0.15, 0.2) is 0 Å². The van der Waals surface area contributed by atoms with Crippen molar-refractivity contribution in [3.8, 4) is 0 Å². The van der Waals surface area contributed by atoms with E-state index in [2.05, 4.69) is 16.2 Å². The van der Waals surface area contributed by atoms with Crippen molar-refractivity contribution >= 4 is 11.6 Å². The van der Waals surface area contributed by atoms with Crippen LogP contribution in [0.4, 0.5) is 0 Å². The Kier molecular flexibility index (Phi) is 3.65. The van der Waals surface area contributed by atoms with Crippen molar-refractivity contribution in [3.05, 3.63) is 18.0 Å². The van der Waals surface area contributed by atoms with E-state index in [0.717, 1.165) is 38.9 Å². The summed E-state index contributed by atoms with van der Waals surface area (Å²) in [4.78, 5) is 2.49. The maximum Gasteiger partial charge on any atom is 0.0522 e. The number of aryl methyl sites for hydroxylation is 1. The van der Waals surface area contributed by atoms with Gasteiger partial charge < -0.3 is 4.90 Å². The van der Waals surface area contributed by atoms with Gasteiger partial charge in [0, 0.05) is 25.2 Å². The van der Waals surface area contributed by atoms with Gasteiger partial charge in [0.1, 0.15) is 0 Å². The number of rotatable bonds is 3. The van der Waals surface area contributed by atoms with Gasteiger partial charge in [-0.2, -0.15) is 5.10 Å². The molecule has 0 spiro atoms. The minimum Gasteiger partial charge on any atom is -0.303 e. The molecule has 2 rings (SSSR count). The molecule has 1 aromatic rings. The van der Waals surface area contributed by atoms with E-state index in [9.17, 15) is 0 Å². The molecule has 0 saturated carbocycles. The van der Waals surface area contributed by atoms with Crippen LogP contribution >= 0.6 is 11.6 Å². The largest absolute Gasteiger partial charge is 0.303 e. The number of nitrogens with zero attached hydrogens (tertiary/aromatic N) is 3. The van der Waals surface area contributed by atoms with Crippen LogP contribution in [0.25, 0.3) is 0 Å². The molecule has 0 unspecified atom stereocenters. The highest BCUT2D eigenvalue weighted by Gasteiger charge is 2.16. The van der Waals surface area contributed by atoms with Crippen LogP contribution in [0.3, 0.4) is 0 Å². The third kappa shape index (κ3) is 3.21. The van der Waals surface area contributed by atoms with Crippen molar-refractivity contribution in [1.82, 2.24) is 14.7 Å². The lowest BCUT2D eigenvalue weighted by Crippen LogP contribution is -2.35. The second-order valence-corrected chi connectivity index (χ2v) is 4.91. The van der Waals surface area contributed by atoms with Crippen molar-refractivity contribution in [2.24, 2.45) is 7.05 Å². The molecule has 0 aromatic carbocycles. The molecule has 0 aliphatic carbocycles. The Labute approximate surface area is 96.0 Å². The van der Waals surface area contributed by atoms with E-state index in [-0.39, 0.29) is 0 Å². The van der Waals surface area contributed by atoms with Crippen molar-refractivity contribution in [2.45, 2.75) is 24.6 Å². The second kappa shape index (κ2) is 4.99. The van der Waals surface area contributed by atoms with Crippen LogP contribution in [0.15, 0.2) is 12.4 Å². The summed E-state index contributed by atoms with van der Waals surface area (Å²) in [6.07, 6.45) is 7.41. The van der Waals surface area contributed by atoms with Crippen LogP contribution in [-0.4, -0.2) is 39.7 Å². The minimum absolute atomic E-state index is 0.402. The Morgan fingerprint density at radius 2 is 2.20 bits per heavy atom. The summed E-state index contributed by atoms with van der Waals surface area (Å²) in [5.74, 6) is 0. The molecule has 0 bridgehead atoms. The van der Waals surface area contributed by atoms with Crippen molar-refractivity contribution < 1.29 is 0 Å².